The van der Waals surface area contributed by atoms with E-state index in [1.54, 1.807) is 6.20 Å². The summed E-state index contributed by atoms with van der Waals surface area (Å²) in [6, 6.07) is 0. The van der Waals surface area contributed by atoms with Gasteiger partial charge in [0.25, 0.3) is 0 Å². The molecule has 2 heterocycles. The Kier molecular flexibility index (Phi) is 5.86. The first-order valence-corrected chi connectivity index (χ1v) is 7.83. The summed E-state index contributed by atoms with van der Waals surface area (Å²) in [6.45, 7) is 5.08. The molecule has 4 nitrogen and oxygen atoms in total. The van der Waals surface area contributed by atoms with Crippen LogP contribution < -0.4 is 0 Å². The highest BCUT2D eigenvalue weighted by atomic mass is 19.4. The van der Waals surface area contributed by atoms with Crippen molar-refractivity contribution in [2.75, 3.05) is 19.6 Å². The Labute approximate surface area is 128 Å². The average Bonchev–Trinajstić information content (AvgIpc) is 2.88. The highest BCUT2D eigenvalue weighted by Crippen LogP contribution is 2.31. The molecule has 1 aromatic rings. The fourth-order valence-electron chi connectivity index (χ4n) is 3.02. The Bertz CT molecular complexity index is 453. The van der Waals surface area contributed by atoms with Crippen LogP contribution in [0.3, 0.4) is 0 Å². The quantitative estimate of drug-likeness (QED) is 0.820. The molecular weight excluding hydrogens is 295 g/mol. The SMILES string of the molecule is Cc1nccn1CCCCN1CCC(C(O)C(F)(F)F)CC1. The number of halogens is 3. The molecular formula is C15H24F3N3O. The zero-order chi connectivity index (χ0) is 16.2. The molecule has 1 aliphatic rings. The molecule has 0 amide bonds. The number of imidazole rings is 1. The molecule has 1 atom stereocenters. The monoisotopic (exact) mass is 319 g/mol. The Hall–Kier alpha value is -1.08. The number of rotatable bonds is 6. The first-order valence-electron chi connectivity index (χ1n) is 7.83. The predicted octanol–water partition coefficient (Wildman–Crippen LogP) is 2.61. The van der Waals surface area contributed by atoms with E-state index in [9.17, 15) is 18.3 Å². The van der Waals surface area contributed by atoms with Gasteiger partial charge in [-0.1, -0.05) is 0 Å². The average molecular weight is 319 g/mol. The summed E-state index contributed by atoms with van der Waals surface area (Å²) in [5, 5.41) is 9.29. The third-order valence-electron chi connectivity index (χ3n) is 4.46. The lowest BCUT2D eigenvalue weighted by Gasteiger charge is -2.34. The number of hydrogen-bond donors (Lipinski definition) is 1. The fourth-order valence-corrected chi connectivity index (χ4v) is 3.02. The third kappa shape index (κ3) is 4.71. The first kappa shape index (κ1) is 17.3. The number of nitrogens with zero attached hydrogens (tertiary/aromatic N) is 3. The van der Waals surface area contributed by atoms with Gasteiger partial charge in [0.2, 0.25) is 0 Å². The van der Waals surface area contributed by atoms with Gasteiger partial charge in [-0.2, -0.15) is 13.2 Å². The summed E-state index contributed by atoms with van der Waals surface area (Å²) < 4.78 is 39.5. The number of aliphatic hydroxyl groups excluding tert-OH is 1. The molecule has 126 valence electrons. The number of unbranched alkanes of at least 4 members (excludes halogenated alkanes) is 1. The second-order valence-corrected chi connectivity index (χ2v) is 6.04. The van der Waals surface area contributed by atoms with E-state index in [1.165, 1.54) is 0 Å². The Morgan fingerprint density at radius 2 is 1.91 bits per heavy atom. The van der Waals surface area contributed by atoms with Gasteiger partial charge in [0.1, 0.15) is 5.82 Å². The molecule has 0 saturated carbocycles. The molecule has 7 heteroatoms. The van der Waals surface area contributed by atoms with E-state index in [0.29, 0.717) is 25.9 Å². The molecule has 1 unspecified atom stereocenters. The van der Waals surface area contributed by atoms with Gasteiger partial charge in [0.15, 0.2) is 6.10 Å². The van der Waals surface area contributed by atoms with Gasteiger partial charge in [0, 0.05) is 18.9 Å². The van der Waals surface area contributed by atoms with Crippen LogP contribution in [0.5, 0.6) is 0 Å². The van der Waals surface area contributed by atoms with Crippen molar-refractivity contribution in [1.29, 1.82) is 0 Å². The minimum atomic E-state index is -4.49. The van der Waals surface area contributed by atoms with Crippen LogP contribution in [0.15, 0.2) is 12.4 Å². The van der Waals surface area contributed by atoms with E-state index in [2.05, 4.69) is 14.5 Å². The summed E-state index contributed by atoms with van der Waals surface area (Å²) in [4.78, 5) is 6.36. The fraction of sp³-hybridized carbons (Fsp3) is 0.800. The van der Waals surface area contributed by atoms with Crippen LogP contribution in [0.2, 0.25) is 0 Å². The van der Waals surface area contributed by atoms with E-state index in [0.717, 1.165) is 31.8 Å². The minimum absolute atomic E-state index is 0.418. The van der Waals surface area contributed by atoms with Crippen molar-refractivity contribution in [2.24, 2.45) is 5.92 Å². The molecule has 1 aromatic heterocycles. The van der Waals surface area contributed by atoms with E-state index >= 15 is 0 Å². The van der Waals surface area contributed by atoms with Crippen molar-refractivity contribution in [3.05, 3.63) is 18.2 Å². The molecule has 1 aliphatic heterocycles. The van der Waals surface area contributed by atoms with Gasteiger partial charge >= 0.3 is 6.18 Å². The molecule has 0 aromatic carbocycles. The number of piperidine rings is 1. The van der Waals surface area contributed by atoms with Crippen LogP contribution in [-0.4, -0.2) is 51.5 Å². The highest BCUT2D eigenvalue weighted by Gasteiger charge is 2.43. The smallest absolute Gasteiger partial charge is 0.383 e. The van der Waals surface area contributed by atoms with Crippen molar-refractivity contribution < 1.29 is 18.3 Å². The van der Waals surface area contributed by atoms with E-state index in [1.807, 2.05) is 13.1 Å². The number of aromatic nitrogens is 2. The first-order chi connectivity index (χ1) is 10.4. The maximum atomic E-state index is 12.5. The molecule has 1 N–H and O–H groups in total. The Balaban J connectivity index is 1.62. The van der Waals surface area contributed by atoms with Crippen LogP contribution in [-0.2, 0) is 6.54 Å². The van der Waals surface area contributed by atoms with Gasteiger partial charge in [-0.3, -0.25) is 0 Å². The van der Waals surface area contributed by atoms with E-state index in [4.69, 9.17) is 0 Å². The normalized spacial score (nSPS) is 19.5. The van der Waals surface area contributed by atoms with Crippen molar-refractivity contribution in [2.45, 2.75) is 51.4 Å². The van der Waals surface area contributed by atoms with Crippen LogP contribution >= 0.6 is 0 Å². The second kappa shape index (κ2) is 7.46. The summed E-state index contributed by atoms with van der Waals surface area (Å²) in [5.41, 5.74) is 0. The molecule has 1 saturated heterocycles. The van der Waals surface area contributed by atoms with Gasteiger partial charge < -0.3 is 14.6 Å². The molecule has 0 radical (unpaired) electrons. The molecule has 0 bridgehead atoms. The van der Waals surface area contributed by atoms with Crippen molar-refractivity contribution in [1.82, 2.24) is 14.5 Å². The van der Waals surface area contributed by atoms with Gasteiger partial charge in [-0.25, -0.2) is 4.98 Å². The van der Waals surface area contributed by atoms with Crippen LogP contribution in [0.1, 0.15) is 31.5 Å². The number of alkyl halides is 3. The van der Waals surface area contributed by atoms with Crippen LogP contribution in [0.4, 0.5) is 13.2 Å². The topological polar surface area (TPSA) is 41.3 Å². The standard InChI is InChI=1S/C15H24F3N3O/c1-12-19-6-11-21(12)8-3-2-7-20-9-4-13(5-10-20)14(22)15(16,17)18/h6,11,13-14,22H,2-5,7-10H2,1H3. The van der Waals surface area contributed by atoms with Crippen molar-refractivity contribution >= 4 is 0 Å². The third-order valence-corrected chi connectivity index (χ3v) is 4.46. The molecule has 0 spiro atoms. The summed E-state index contributed by atoms with van der Waals surface area (Å²) >= 11 is 0. The summed E-state index contributed by atoms with van der Waals surface area (Å²) in [5.74, 6) is 0.354. The lowest BCUT2D eigenvalue weighted by atomic mass is 9.91. The molecule has 2 rings (SSSR count). The summed E-state index contributed by atoms with van der Waals surface area (Å²) in [7, 11) is 0. The lowest BCUT2D eigenvalue weighted by molar-refractivity contribution is -0.223. The number of aliphatic hydroxyl groups is 1. The number of aryl methyl sites for hydroxylation is 2. The van der Waals surface area contributed by atoms with Crippen molar-refractivity contribution in [3.8, 4) is 0 Å². The molecule has 1 fully saturated rings. The summed E-state index contributed by atoms with van der Waals surface area (Å²) in [6.07, 6.45) is -0.0329. The lowest BCUT2D eigenvalue weighted by Crippen LogP contribution is -2.43. The highest BCUT2D eigenvalue weighted by molar-refractivity contribution is 4.88. The Morgan fingerprint density at radius 1 is 1.27 bits per heavy atom. The zero-order valence-electron chi connectivity index (χ0n) is 12.9. The zero-order valence-corrected chi connectivity index (χ0v) is 12.9. The van der Waals surface area contributed by atoms with E-state index < -0.39 is 18.2 Å². The van der Waals surface area contributed by atoms with E-state index in [-0.39, 0.29) is 0 Å². The van der Waals surface area contributed by atoms with Gasteiger partial charge in [-0.05, 0) is 58.2 Å². The second-order valence-electron chi connectivity index (χ2n) is 6.04. The Morgan fingerprint density at radius 3 is 2.45 bits per heavy atom. The van der Waals surface area contributed by atoms with Gasteiger partial charge in [0.05, 0.1) is 0 Å². The largest absolute Gasteiger partial charge is 0.414 e. The maximum Gasteiger partial charge on any atom is 0.414 e. The minimum Gasteiger partial charge on any atom is -0.383 e. The van der Waals surface area contributed by atoms with Crippen molar-refractivity contribution in [3.63, 3.8) is 0 Å². The molecule has 22 heavy (non-hydrogen) atoms. The molecule has 0 aliphatic carbocycles. The van der Waals surface area contributed by atoms with Gasteiger partial charge in [-0.15, -0.1) is 0 Å². The maximum absolute atomic E-state index is 12.5. The predicted molar refractivity (Wildman–Crippen MR) is 77.4 cm³/mol. The van der Waals surface area contributed by atoms with Crippen LogP contribution in [0, 0.1) is 12.8 Å². The number of likely N-dealkylation sites (tertiary alicyclic amines) is 1. The number of hydrogen-bond acceptors (Lipinski definition) is 3. The van der Waals surface area contributed by atoms with Crippen LogP contribution in [0.25, 0.3) is 0 Å².